The Morgan fingerprint density at radius 3 is 2.41 bits per heavy atom. The number of para-hydroxylation sites is 1. The molecule has 0 bridgehead atoms. The van der Waals surface area contributed by atoms with E-state index in [9.17, 15) is 14.9 Å². The lowest BCUT2D eigenvalue weighted by molar-refractivity contribution is -0.145. The number of hydrogen-bond acceptors (Lipinski definition) is 6. The lowest BCUT2D eigenvalue weighted by atomic mass is 10.1. The van der Waals surface area contributed by atoms with Crippen LogP contribution in [0.4, 0.5) is 5.69 Å². The van der Waals surface area contributed by atoms with Crippen LogP contribution in [0.15, 0.2) is 54.1 Å². The van der Waals surface area contributed by atoms with Crippen molar-refractivity contribution >= 4 is 23.6 Å². The highest BCUT2D eigenvalue weighted by molar-refractivity contribution is 6.09. The highest BCUT2D eigenvalue weighted by Gasteiger charge is 2.12. The van der Waals surface area contributed by atoms with Gasteiger partial charge in [0.25, 0.3) is 5.91 Å². The highest BCUT2D eigenvalue weighted by atomic mass is 16.6. The van der Waals surface area contributed by atoms with E-state index < -0.39 is 11.9 Å². The second kappa shape index (κ2) is 11.1. The molecule has 150 valence electrons. The summed E-state index contributed by atoms with van der Waals surface area (Å²) in [6.07, 6.45) is 1.41. The molecule has 0 aliphatic heterocycles. The molecule has 7 heteroatoms. The fourth-order valence-corrected chi connectivity index (χ4v) is 2.37. The van der Waals surface area contributed by atoms with Gasteiger partial charge in [0.2, 0.25) is 0 Å². The maximum Gasteiger partial charge on any atom is 0.344 e. The molecule has 0 aliphatic rings. The quantitative estimate of drug-likeness (QED) is 0.397. The van der Waals surface area contributed by atoms with Crippen LogP contribution in [-0.2, 0) is 14.3 Å². The first-order chi connectivity index (χ1) is 14.1. The summed E-state index contributed by atoms with van der Waals surface area (Å²) in [5.74, 6) is -0.00622. The fraction of sp³-hybridized carbons (Fsp3) is 0.227. The fourth-order valence-electron chi connectivity index (χ4n) is 2.37. The first-order valence-corrected chi connectivity index (χ1v) is 9.10. The lowest BCUT2D eigenvalue weighted by Gasteiger charge is -2.09. The summed E-state index contributed by atoms with van der Waals surface area (Å²) in [6, 6.07) is 15.5. The molecule has 0 saturated carbocycles. The summed E-state index contributed by atoms with van der Waals surface area (Å²) < 4.78 is 15.6. The van der Waals surface area contributed by atoms with E-state index in [-0.39, 0.29) is 18.8 Å². The normalized spacial score (nSPS) is 10.6. The van der Waals surface area contributed by atoms with Crippen LogP contribution in [0.2, 0.25) is 0 Å². The number of nitrogens with zero attached hydrogens (tertiary/aromatic N) is 1. The zero-order valence-corrected chi connectivity index (χ0v) is 16.3. The molecule has 0 radical (unpaired) electrons. The Bertz CT molecular complexity index is 914. The second-order valence-electron chi connectivity index (χ2n) is 5.71. The average molecular weight is 394 g/mol. The van der Waals surface area contributed by atoms with Crippen LogP contribution in [-0.4, -0.2) is 31.7 Å². The predicted molar refractivity (Wildman–Crippen MR) is 108 cm³/mol. The van der Waals surface area contributed by atoms with Crippen molar-refractivity contribution in [3.8, 4) is 17.6 Å². The van der Waals surface area contributed by atoms with Crippen LogP contribution in [0.25, 0.3) is 6.08 Å². The maximum absolute atomic E-state index is 12.5. The highest BCUT2D eigenvalue weighted by Crippen LogP contribution is 2.22. The summed E-state index contributed by atoms with van der Waals surface area (Å²) in [5, 5.41) is 12.1. The Balaban J connectivity index is 2.13. The first-order valence-electron chi connectivity index (χ1n) is 9.10. The van der Waals surface area contributed by atoms with E-state index in [1.165, 1.54) is 6.08 Å². The Hall–Kier alpha value is -3.79. The van der Waals surface area contributed by atoms with Gasteiger partial charge in [-0.1, -0.05) is 18.2 Å². The monoisotopic (exact) mass is 394 g/mol. The number of carbonyl (C=O) groups excluding carboxylic acids is 2. The van der Waals surface area contributed by atoms with Crippen LogP contribution in [0.3, 0.4) is 0 Å². The molecule has 0 saturated heterocycles. The molecule has 1 amide bonds. The van der Waals surface area contributed by atoms with E-state index in [0.717, 1.165) is 0 Å². The number of carbonyl (C=O) groups is 2. The minimum absolute atomic E-state index is 0.105. The Morgan fingerprint density at radius 1 is 1.03 bits per heavy atom. The number of amides is 1. The van der Waals surface area contributed by atoms with Gasteiger partial charge in [-0.2, -0.15) is 5.26 Å². The van der Waals surface area contributed by atoms with Crippen molar-refractivity contribution in [1.29, 1.82) is 5.26 Å². The SMILES string of the molecule is CCOC(=O)COc1ccccc1/C=C(\C#N)C(=O)Nc1ccc(OCC)cc1. The molecular formula is C22H22N2O5. The molecule has 29 heavy (non-hydrogen) atoms. The predicted octanol–water partition coefficient (Wildman–Crippen LogP) is 3.57. The molecule has 0 aromatic heterocycles. The van der Waals surface area contributed by atoms with E-state index in [0.29, 0.717) is 29.4 Å². The summed E-state index contributed by atoms with van der Waals surface area (Å²) in [4.78, 5) is 24.0. The third kappa shape index (κ3) is 6.70. The van der Waals surface area contributed by atoms with E-state index in [1.807, 2.05) is 13.0 Å². The van der Waals surface area contributed by atoms with Crippen molar-refractivity contribution in [2.45, 2.75) is 13.8 Å². The van der Waals surface area contributed by atoms with Crippen LogP contribution in [0.1, 0.15) is 19.4 Å². The Morgan fingerprint density at radius 2 is 1.76 bits per heavy atom. The van der Waals surface area contributed by atoms with Crippen molar-refractivity contribution < 1.29 is 23.8 Å². The zero-order valence-electron chi connectivity index (χ0n) is 16.3. The van der Waals surface area contributed by atoms with E-state index in [4.69, 9.17) is 14.2 Å². The summed E-state index contributed by atoms with van der Waals surface area (Å²) >= 11 is 0. The number of anilines is 1. The van der Waals surface area contributed by atoms with E-state index in [1.54, 1.807) is 55.5 Å². The van der Waals surface area contributed by atoms with Gasteiger partial charge in [-0.15, -0.1) is 0 Å². The third-order valence-electron chi connectivity index (χ3n) is 3.66. The Kier molecular flexibility index (Phi) is 8.27. The van der Waals surface area contributed by atoms with Gasteiger partial charge in [-0.3, -0.25) is 4.79 Å². The van der Waals surface area contributed by atoms with Gasteiger partial charge in [0.05, 0.1) is 13.2 Å². The third-order valence-corrected chi connectivity index (χ3v) is 3.66. The molecule has 0 atom stereocenters. The topological polar surface area (TPSA) is 97.7 Å². The molecule has 0 fully saturated rings. The molecule has 0 heterocycles. The smallest absolute Gasteiger partial charge is 0.344 e. The van der Waals surface area contributed by atoms with Gasteiger partial charge in [0.1, 0.15) is 23.1 Å². The van der Waals surface area contributed by atoms with Crippen molar-refractivity contribution in [2.24, 2.45) is 0 Å². The summed E-state index contributed by atoms with van der Waals surface area (Å²) in [6.45, 7) is 4.13. The van der Waals surface area contributed by atoms with Gasteiger partial charge in [-0.25, -0.2) is 4.79 Å². The van der Waals surface area contributed by atoms with Gasteiger partial charge >= 0.3 is 5.97 Å². The van der Waals surface area contributed by atoms with Crippen molar-refractivity contribution in [2.75, 3.05) is 25.1 Å². The Labute approximate surface area is 169 Å². The largest absolute Gasteiger partial charge is 0.494 e. The number of nitrogens with one attached hydrogen (secondary N) is 1. The second-order valence-corrected chi connectivity index (χ2v) is 5.71. The van der Waals surface area contributed by atoms with Crippen molar-refractivity contribution in [1.82, 2.24) is 0 Å². The van der Waals surface area contributed by atoms with Crippen LogP contribution >= 0.6 is 0 Å². The average Bonchev–Trinajstić information content (AvgIpc) is 2.73. The molecule has 0 unspecified atom stereocenters. The van der Waals surface area contributed by atoms with E-state index >= 15 is 0 Å². The maximum atomic E-state index is 12.5. The molecule has 0 spiro atoms. The lowest BCUT2D eigenvalue weighted by Crippen LogP contribution is -2.15. The standard InChI is InChI=1S/C22H22N2O5/c1-3-27-19-11-9-18(10-12-19)24-22(26)17(14-23)13-16-7-5-6-8-20(16)29-15-21(25)28-4-2/h5-13H,3-4,15H2,1-2H3,(H,24,26)/b17-13+. The number of hydrogen-bond donors (Lipinski definition) is 1. The van der Waals surface area contributed by atoms with Gasteiger partial charge in [0.15, 0.2) is 6.61 Å². The first kappa shape index (κ1) is 21.5. The number of benzene rings is 2. The molecule has 1 N–H and O–H groups in total. The van der Waals surface area contributed by atoms with Crippen molar-refractivity contribution in [3.63, 3.8) is 0 Å². The summed E-state index contributed by atoms with van der Waals surface area (Å²) in [7, 11) is 0. The molecule has 2 rings (SSSR count). The van der Waals surface area contributed by atoms with Gasteiger partial charge in [-0.05, 0) is 50.3 Å². The number of rotatable bonds is 9. The van der Waals surface area contributed by atoms with Crippen LogP contribution in [0, 0.1) is 11.3 Å². The molecule has 2 aromatic carbocycles. The molecule has 2 aromatic rings. The minimum Gasteiger partial charge on any atom is -0.494 e. The van der Waals surface area contributed by atoms with Crippen LogP contribution < -0.4 is 14.8 Å². The van der Waals surface area contributed by atoms with Gasteiger partial charge < -0.3 is 19.5 Å². The zero-order chi connectivity index (χ0) is 21.1. The summed E-state index contributed by atoms with van der Waals surface area (Å²) in [5.41, 5.74) is 0.924. The minimum atomic E-state index is -0.558. The molecular weight excluding hydrogens is 372 g/mol. The number of ether oxygens (including phenoxy) is 3. The molecule has 0 aliphatic carbocycles. The number of nitriles is 1. The van der Waals surface area contributed by atoms with Crippen LogP contribution in [0.5, 0.6) is 11.5 Å². The van der Waals surface area contributed by atoms with E-state index in [2.05, 4.69) is 5.32 Å². The van der Waals surface area contributed by atoms with Crippen molar-refractivity contribution in [3.05, 3.63) is 59.7 Å². The van der Waals surface area contributed by atoms with Gasteiger partial charge in [0, 0.05) is 11.3 Å². The molecule has 7 nitrogen and oxygen atoms in total. The number of esters is 1.